The molecule has 1 amide bonds. The highest BCUT2D eigenvalue weighted by Gasteiger charge is 2.24. The maximum Gasteiger partial charge on any atom is 0.241 e. The Bertz CT molecular complexity index is 478. The molecule has 1 saturated heterocycles. The van der Waals surface area contributed by atoms with E-state index in [0.29, 0.717) is 13.1 Å². The molecule has 0 radical (unpaired) electrons. The summed E-state index contributed by atoms with van der Waals surface area (Å²) in [6.45, 7) is 3.81. The molecule has 5 heteroatoms. The van der Waals surface area contributed by atoms with Gasteiger partial charge in [-0.1, -0.05) is 0 Å². The van der Waals surface area contributed by atoms with Gasteiger partial charge in [0.05, 0.1) is 6.54 Å². The lowest BCUT2D eigenvalue weighted by atomic mass is 10.0. The highest BCUT2D eigenvalue weighted by molar-refractivity contribution is 5.83. The average molecular weight is 265 g/mol. The number of amides is 1. The number of nitrogens with one attached hydrogen (secondary N) is 1. The molecular weight excluding hydrogens is 245 g/mol. The van der Waals surface area contributed by atoms with Gasteiger partial charge in [0.15, 0.2) is 0 Å². The highest BCUT2D eigenvalue weighted by Crippen LogP contribution is 2.28. The van der Waals surface area contributed by atoms with E-state index in [1.54, 1.807) is 17.0 Å². The summed E-state index contributed by atoms with van der Waals surface area (Å²) in [5.41, 5.74) is 1.82. The topological polar surface area (TPSA) is 35.6 Å². The molecule has 1 aromatic rings. The van der Waals surface area contributed by atoms with E-state index in [2.05, 4.69) is 5.32 Å². The predicted molar refractivity (Wildman–Crippen MR) is 73.7 cm³/mol. The van der Waals surface area contributed by atoms with Crippen molar-refractivity contribution in [3.8, 4) is 0 Å². The SMILES string of the molecule is CNC(C)c1cc(F)ccc1N1CCN(C)C(=O)C1. The third-order valence-corrected chi connectivity index (χ3v) is 3.69. The maximum atomic E-state index is 13.4. The summed E-state index contributed by atoms with van der Waals surface area (Å²) in [4.78, 5) is 15.5. The fourth-order valence-electron chi connectivity index (χ4n) is 2.28. The van der Waals surface area contributed by atoms with E-state index in [-0.39, 0.29) is 17.8 Å². The Kier molecular flexibility index (Phi) is 4.04. The summed E-state index contributed by atoms with van der Waals surface area (Å²) >= 11 is 0. The van der Waals surface area contributed by atoms with E-state index in [1.165, 1.54) is 6.07 Å². The van der Waals surface area contributed by atoms with Crippen molar-refractivity contribution < 1.29 is 9.18 Å². The normalized spacial score (nSPS) is 17.8. The Morgan fingerprint density at radius 1 is 1.37 bits per heavy atom. The van der Waals surface area contributed by atoms with Gasteiger partial charge in [0.1, 0.15) is 5.82 Å². The number of benzene rings is 1. The molecule has 0 spiro atoms. The Hall–Kier alpha value is -1.62. The summed E-state index contributed by atoms with van der Waals surface area (Å²) in [6.07, 6.45) is 0. The van der Waals surface area contributed by atoms with E-state index in [0.717, 1.165) is 17.8 Å². The number of halogens is 1. The molecule has 1 fully saturated rings. The monoisotopic (exact) mass is 265 g/mol. The maximum absolute atomic E-state index is 13.4. The molecule has 0 saturated carbocycles. The van der Waals surface area contributed by atoms with Gasteiger partial charge in [-0.3, -0.25) is 4.79 Å². The first-order valence-electron chi connectivity index (χ1n) is 6.48. The van der Waals surface area contributed by atoms with Gasteiger partial charge in [-0.25, -0.2) is 4.39 Å². The zero-order valence-electron chi connectivity index (χ0n) is 11.6. The van der Waals surface area contributed by atoms with Gasteiger partial charge in [0.2, 0.25) is 5.91 Å². The first kappa shape index (κ1) is 13.8. The number of hydrogen-bond acceptors (Lipinski definition) is 3. The summed E-state index contributed by atoms with van der Waals surface area (Å²) in [6, 6.07) is 4.79. The van der Waals surface area contributed by atoms with E-state index in [4.69, 9.17) is 0 Å². The molecule has 2 rings (SSSR count). The van der Waals surface area contributed by atoms with Crippen LogP contribution in [0.4, 0.5) is 10.1 Å². The van der Waals surface area contributed by atoms with Gasteiger partial charge >= 0.3 is 0 Å². The first-order chi connectivity index (χ1) is 9.02. The lowest BCUT2D eigenvalue weighted by Crippen LogP contribution is -2.49. The third-order valence-electron chi connectivity index (χ3n) is 3.69. The van der Waals surface area contributed by atoms with Crippen molar-refractivity contribution in [1.29, 1.82) is 0 Å². The molecule has 1 heterocycles. The molecular formula is C14H20FN3O. The van der Waals surface area contributed by atoms with Crippen LogP contribution in [0.3, 0.4) is 0 Å². The number of carbonyl (C=O) groups excluding carboxylic acids is 1. The zero-order chi connectivity index (χ0) is 14.0. The lowest BCUT2D eigenvalue weighted by molar-refractivity contribution is -0.129. The molecule has 0 aliphatic carbocycles. The van der Waals surface area contributed by atoms with Crippen molar-refractivity contribution in [3.63, 3.8) is 0 Å². The number of rotatable bonds is 3. The molecule has 104 valence electrons. The van der Waals surface area contributed by atoms with Crippen LogP contribution >= 0.6 is 0 Å². The quantitative estimate of drug-likeness (QED) is 0.897. The van der Waals surface area contributed by atoms with Crippen LogP contribution in [0.5, 0.6) is 0 Å². The minimum Gasteiger partial charge on any atom is -0.360 e. The number of carbonyl (C=O) groups is 1. The minimum atomic E-state index is -0.249. The Morgan fingerprint density at radius 3 is 2.74 bits per heavy atom. The smallest absolute Gasteiger partial charge is 0.241 e. The van der Waals surface area contributed by atoms with Crippen LogP contribution < -0.4 is 10.2 Å². The largest absolute Gasteiger partial charge is 0.360 e. The van der Waals surface area contributed by atoms with Crippen molar-refractivity contribution in [3.05, 3.63) is 29.6 Å². The van der Waals surface area contributed by atoms with Gasteiger partial charge < -0.3 is 15.1 Å². The van der Waals surface area contributed by atoms with Gasteiger partial charge in [-0.2, -0.15) is 0 Å². The molecule has 1 atom stereocenters. The standard InChI is InChI=1S/C14H20FN3O/c1-10(16-2)12-8-11(15)4-5-13(12)18-7-6-17(3)14(19)9-18/h4-5,8,10,16H,6-7,9H2,1-3H3. The van der Waals surface area contributed by atoms with E-state index in [9.17, 15) is 9.18 Å². The predicted octanol–water partition coefficient (Wildman–Crippen LogP) is 1.38. The summed E-state index contributed by atoms with van der Waals surface area (Å²) in [7, 11) is 3.65. The second kappa shape index (κ2) is 5.57. The zero-order valence-corrected chi connectivity index (χ0v) is 11.6. The molecule has 1 aliphatic rings. The molecule has 19 heavy (non-hydrogen) atoms. The van der Waals surface area contributed by atoms with Gasteiger partial charge in [-0.15, -0.1) is 0 Å². The summed E-state index contributed by atoms with van der Waals surface area (Å²) in [5, 5.41) is 3.12. The minimum absolute atomic E-state index is 0.0421. The number of hydrogen-bond donors (Lipinski definition) is 1. The highest BCUT2D eigenvalue weighted by atomic mass is 19.1. The van der Waals surface area contributed by atoms with Crippen molar-refractivity contribution >= 4 is 11.6 Å². The van der Waals surface area contributed by atoms with Crippen molar-refractivity contribution in [2.75, 3.05) is 38.6 Å². The number of nitrogens with zero attached hydrogens (tertiary/aromatic N) is 2. The van der Waals surface area contributed by atoms with Crippen LogP contribution in [-0.2, 0) is 4.79 Å². The summed E-state index contributed by atoms with van der Waals surface area (Å²) in [5.74, 6) is -0.153. The van der Waals surface area contributed by atoms with Gasteiger partial charge in [-0.05, 0) is 37.7 Å². The fraction of sp³-hybridized carbons (Fsp3) is 0.500. The molecule has 1 aliphatic heterocycles. The molecule has 1 N–H and O–H groups in total. The van der Waals surface area contributed by atoms with Crippen molar-refractivity contribution in [1.82, 2.24) is 10.2 Å². The van der Waals surface area contributed by atoms with E-state index >= 15 is 0 Å². The number of likely N-dealkylation sites (N-methyl/N-ethyl adjacent to an activating group) is 1. The number of anilines is 1. The molecule has 0 bridgehead atoms. The summed E-state index contributed by atoms with van der Waals surface area (Å²) < 4.78 is 13.4. The Morgan fingerprint density at radius 2 is 2.11 bits per heavy atom. The van der Waals surface area contributed by atoms with Gasteiger partial charge in [0.25, 0.3) is 0 Å². The Labute approximate surface area is 113 Å². The molecule has 0 aromatic heterocycles. The number of piperazine rings is 1. The Balaban J connectivity index is 2.31. The second-order valence-corrected chi connectivity index (χ2v) is 4.95. The third kappa shape index (κ3) is 2.87. The van der Waals surface area contributed by atoms with Crippen LogP contribution in [0.25, 0.3) is 0 Å². The second-order valence-electron chi connectivity index (χ2n) is 4.95. The first-order valence-corrected chi connectivity index (χ1v) is 6.48. The molecule has 4 nitrogen and oxygen atoms in total. The van der Waals surface area contributed by atoms with Crippen LogP contribution in [0.15, 0.2) is 18.2 Å². The van der Waals surface area contributed by atoms with E-state index in [1.807, 2.05) is 25.9 Å². The van der Waals surface area contributed by atoms with Crippen LogP contribution in [0.2, 0.25) is 0 Å². The van der Waals surface area contributed by atoms with Crippen molar-refractivity contribution in [2.24, 2.45) is 0 Å². The van der Waals surface area contributed by atoms with Crippen LogP contribution in [-0.4, -0.2) is 44.5 Å². The molecule has 1 unspecified atom stereocenters. The average Bonchev–Trinajstić information content (AvgIpc) is 2.41. The molecule has 1 aromatic carbocycles. The van der Waals surface area contributed by atoms with Crippen molar-refractivity contribution in [2.45, 2.75) is 13.0 Å². The van der Waals surface area contributed by atoms with E-state index < -0.39 is 0 Å². The fourth-order valence-corrected chi connectivity index (χ4v) is 2.28. The van der Waals surface area contributed by atoms with Crippen LogP contribution in [0, 0.1) is 5.82 Å². The van der Waals surface area contributed by atoms with Gasteiger partial charge in [0, 0.05) is 31.9 Å². The lowest BCUT2D eigenvalue weighted by Gasteiger charge is -2.35. The van der Waals surface area contributed by atoms with Crippen LogP contribution in [0.1, 0.15) is 18.5 Å².